The molecule has 7 nitrogen and oxygen atoms in total. The minimum Gasteiger partial charge on any atom is -0.360 e. The van der Waals surface area contributed by atoms with Gasteiger partial charge in [0.25, 0.3) is 0 Å². The van der Waals surface area contributed by atoms with Crippen LogP contribution in [0.5, 0.6) is 0 Å². The Kier molecular flexibility index (Phi) is 5.30. The molecule has 0 bridgehead atoms. The van der Waals surface area contributed by atoms with Crippen LogP contribution in [-0.2, 0) is 14.8 Å². The number of aryl methyl sites for hydroxylation is 2. The highest BCUT2D eigenvalue weighted by Crippen LogP contribution is 2.25. The zero-order valence-electron chi connectivity index (χ0n) is 12.2. The minimum absolute atomic E-state index is 0.0777. The van der Waals surface area contributed by atoms with Crippen LogP contribution in [0.1, 0.15) is 11.5 Å². The first-order chi connectivity index (χ1) is 10.7. The highest BCUT2D eigenvalue weighted by atomic mass is 35.5. The monoisotopic (exact) mass is 377 g/mol. The molecule has 0 aliphatic rings. The fraction of sp³-hybridized carbons (Fsp3) is 0.231. The van der Waals surface area contributed by atoms with Crippen LogP contribution in [0.3, 0.4) is 0 Å². The Balaban J connectivity index is 2.06. The number of amides is 1. The van der Waals surface area contributed by atoms with E-state index in [1.807, 2.05) is 0 Å². The van der Waals surface area contributed by atoms with Crippen LogP contribution in [-0.4, -0.2) is 26.0 Å². The molecule has 0 spiro atoms. The zero-order chi connectivity index (χ0) is 17.2. The summed E-state index contributed by atoms with van der Waals surface area (Å²) in [5, 5.41) is 6.73. The van der Waals surface area contributed by atoms with Gasteiger partial charge in [-0.25, -0.2) is 13.1 Å². The average molecular weight is 378 g/mol. The molecule has 2 aromatic rings. The number of halogens is 2. The number of aromatic nitrogens is 1. The number of carbonyl (C=O) groups is 1. The highest BCUT2D eigenvalue weighted by Gasteiger charge is 2.24. The van der Waals surface area contributed by atoms with Crippen LogP contribution >= 0.6 is 23.2 Å². The van der Waals surface area contributed by atoms with Gasteiger partial charge in [0.2, 0.25) is 15.9 Å². The van der Waals surface area contributed by atoms with E-state index in [1.54, 1.807) is 6.07 Å². The molecule has 23 heavy (non-hydrogen) atoms. The Morgan fingerprint density at radius 2 is 2.00 bits per heavy atom. The van der Waals surface area contributed by atoms with Gasteiger partial charge in [0.05, 0.1) is 17.3 Å². The van der Waals surface area contributed by atoms with E-state index in [0.717, 1.165) is 0 Å². The third kappa shape index (κ3) is 4.23. The lowest BCUT2D eigenvalue weighted by Gasteiger charge is -2.09. The molecule has 0 aliphatic carbocycles. The molecule has 0 aliphatic heterocycles. The van der Waals surface area contributed by atoms with Crippen molar-refractivity contribution in [2.45, 2.75) is 18.7 Å². The first-order valence-electron chi connectivity index (χ1n) is 6.38. The van der Waals surface area contributed by atoms with Crippen molar-refractivity contribution in [3.05, 3.63) is 39.7 Å². The standard InChI is InChI=1S/C13H13Cl2N3O4S/c1-7-13(8(2)22-18-7)23(20,21)16-6-12(19)17-11-5-9(14)3-4-10(11)15/h3-5,16H,6H2,1-2H3,(H,17,19). The molecule has 0 unspecified atom stereocenters. The summed E-state index contributed by atoms with van der Waals surface area (Å²) in [6, 6.07) is 4.55. The molecule has 0 saturated carbocycles. The van der Waals surface area contributed by atoms with E-state index in [2.05, 4.69) is 15.2 Å². The molecule has 1 amide bonds. The van der Waals surface area contributed by atoms with Gasteiger partial charge in [0.1, 0.15) is 10.6 Å². The second kappa shape index (κ2) is 6.88. The summed E-state index contributed by atoms with van der Waals surface area (Å²) >= 11 is 11.7. The summed E-state index contributed by atoms with van der Waals surface area (Å²) in [5.74, 6) is -0.446. The van der Waals surface area contributed by atoms with Crippen LogP contribution in [0.15, 0.2) is 27.6 Å². The molecular formula is C13H13Cl2N3O4S. The molecule has 10 heteroatoms. The quantitative estimate of drug-likeness (QED) is 0.833. The Bertz CT molecular complexity index is 829. The van der Waals surface area contributed by atoms with E-state index in [4.69, 9.17) is 27.7 Å². The number of benzene rings is 1. The highest BCUT2D eigenvalue weighted by molar-refractivity contribution is 7.89. The third-order valence-electron chi connectivity index (χ3n) is 2.86. The second-order valence-electron chi connectivity index (χ2n) is 4.65. The molecule has 0 fully saturated rings. The van der Waals surface area contributed by atoms with Crippen LogP contribution in [0.25, 0.3) is 0 Å². The molecule has 2 N–H and O–H groups in total. The number of sulfonamides is 1. The molecule has 0 saturated heterocycles. The van der Waals surface area contributed by atoms with Gasteiger partial charge in [-0.2, -0.15) is 0 Å². The van der Waals surface area contributed by atoms with Crippen LogP contribution in [0.4, 0.5) is 5.69 Å². The van der Waals surface area contributed by atoms with Crippen LogP contribution in [0, 0.1) is 13.8 Å². The maximum Gasteiger partial charge on any atom is 0.246 e. The summed E-state index contributed by atoms with van der Waals surface area (Å²) in [5.41, 5.74) is 0.508. The summed E-state index contributed by atoms with van der Waals surface area (Å²) in [7, 11) is -3.91. The van der Waals surface area contributed by atoms with Gasteiger partial charge in [-0.05, 0) is 32.0 Å². The maximum absolute atomic E-state index is 12.2. The molecule has 1 aromatic carbocycles. The average Bonchev–Trinajstić information content (AvgIpc) is 2.81. The van der Waals surface area contributed by atoms with E-state index in [0.29, 0.717) is 10.7 Å². The van der Waals surface area contributed by atoms with Gasteiger partial charge in [-0.15, -0.1) is 0 Å². The van der Waals surface area contributed by atoms with Gasteiger partial charge >= 0.3 is 0 Å². The topological polar surface area (TPSA) is 101 Å². The number of carbonyl (C=O) groups excluding carboxylic acids is 1. The van der Waals surface area contributed by atoms with Gasteiger partial charge in [0.15, 0.2) is 5.76 Å². The maximum atomic E-state index is 12.2. The zero-order valence-corrected chi connectivity index (χ0v) is 14.5. The van der Waals surface area contributed by atoms with Crippen molar-refractivity contribution in [2.75, 3.05) is 11.9 Å². The number of nitrogens with one attached hydrogen (secondary N) is 2. The Morgan fingerprint density at radius 3 is 2.61 bits per heavy atom. The van der Waals surface area contributed by atoms with Crippen molar-refractivity contribution >= 4 is 44.8 Å². The Labute approximate surface area is 143 Å². The Hall–Kier alpha value is -1.61. The van der Waals surface area contributed by atoms with Crippen molar-refractivity contribution < 1.29 is 17.7 Å². The lowest BCUT2D eigenvalue weighted by Crippen LogP contribution is -2.33. The lowest BCUT2D eigenvalue weighted by molar-refractivity contribution is -0.115. The smallest absolute Gasteiger partial charge is 0.246 e. The van der Waals surface area contributed by atoms with Crippen molar-refractivity contribution in [1.29, 1.82) is 0 Å². The van der Waals surface area contributed by atoms with Gasteiger partial charge in [-0.3, -0.25) is 4.79 Å². The number of nitrogens with zero attached hydrogens (tertiary/aromatic N) is 1. The van der Waals surface area contributed by atoms with Gasteiger partial charge < -0.3 is 9.84 Å². The fourth-order valence-electron chi connectivity index (χ4n) is 1.88. The third-order valence-corrected chi connectivity index (χ3v) is 5.07. The predicted octanol–water partition coefficient (Wildman–Crippen LogP) is 2.52. The minimum atomic E-state index is -3.91. The molecule has 0 atom stereocenters. The van der Waals surface area contributed by atoms with Crippen LogP contribution in [0.2, 0.25) is 10.0 Å². The molecule has 124 valence electrons. The molecular weight excluding hydrogens is 365 g/mol. The number of hydrogen-bond acceptors (Lipinski definition) is 5. The predicted molar refractivity (Wildman–Crippen MR) is 86.3 cm³/mol. The first kappa shape index (κ1) is 17.7. The molecule has 1 heterocycles. The molecule has 2 rings (SSSR count). The van der Waals surface area contributed by atoms with Crippen molar-refractivity contribution in [2.24, 2.45) is 0 Å². The van der Waals surface area contributed by atoms with E-state index < -0.39 is 22.5 Å². The lowest BCUT2D eigenvalue weighted by atomic mass is 10.3. The number of hydrogen-bond donors (Lipinski definition) is 2. The van der Waals surface area contributed by atoms with Crippen molar-refractivity contribution in [3.63, 3.8) is 0 Å². The molecule has 0 radical (unpaired) electrons. The van der Waals surface area contributed by atoms with Crippen LogP contribution < -0.4 is 10.0 Å². The van der Waals surface area contributed by atoms with Gasteiger partial charge in [0, 0.05) is 5.02 Å². The first-order valence-corrected chi connectivity index (χ1v) is 8.62. The normalized spacial score (nSPS) is 11.5. The van der Waals surface area contributed by atoms with Gasteiger partial charge in [-0.1, -0.05) is 28.4 Å². The van der Waals surface area contributed by atoms with E-state index >= 15 is 0 Å². The van der Waals surface area contributed by atoms with Crippen molar-refractivity contribution in [1.82, 2.24) is 9.88 Å². The molecule has 1 aromatic heterocycles. The summed E-state index contributed by atoms with van der Waals surface area (Å²) in [6.45, 7) is 2.49. The Morgan fingerprint density at radius 1 is 1.30 bits per heavy atom. The SMILES string of the molecule is Cc1noc(C)c1S(=O)(=O)NCC(=O)Nc1cc(Cl)ccc1Cl. The number of rotatable bonds is 5. The second-order valence-corrected chi connectivity index (χ2v) is 7.20. The largest absolute Gasteiger partial charge is 0.360 e. The van der Waals surface area contributed by atoms with Crippen molar-refractivity contribution in [3.8, 4) is 0 Å². The summed E-state index contributed by atoms with van der Waals surface area (Å²) in [6.07, 6.45) is 0. The summed E-state index contributed by atoms with van der Waals surface area (Å²) in [4.78, 5) is 11.8. The van der Waals surface area contributed by atoms with E-state index in [1.165, 1.54) is 26.0 Å². The van der Waals surface area contributed by atoms with E-state index in [9.17, 15) is 13.2 Å². The number of anilines is 1. The summed E-state index contributed by atoms with van der Waals surface area (Å²) < 4.78 is 31.3. The van der Waals surface area contributed by atoms with E-state index in [-0.39, 0.29) is 21.4 Å². The fourth-order valence-corrected chi connectivity index (χ4v) is 3.52.